The molecule has 8 nitrogen and oxygen atoms in total. The lowest BCUT2D eigenvalue weighted by Crippen LogP contribution is -2.45. The minimum atomic E-state index is -0.338. The van der Waals surface area contributed by atoms with E-state index in [2.05, 4.69) is 34.2 Å². The molecule has 1 aromatic rings. The smallest absolute Gasteiger partial charge is 0.245 e. The Balaban J connectivity index is 1.50. The molecule has 2 aliphatic heterocycles. The van der Waals surface area contributed by atoms with E-state index in [1.54, 1.807) is 0 Å². The zero-order valence-corrected chi connectivity index (χ0v) is 15.0. The van der Waals surface area contributed by atoms with Crippen molar-refractivity contribution in [2.24, 2.45) is 5.92 Å². The van der Waals surface area contributed by atoms with Crippen LogP contribution in [0.1, 0.15) is 44.8 Å². The number of nitrogens with one attached hydrogen (secondary N) is 1. The quantitative estimate of drug-likeness (QED) is 0.836. The third kappa shape index (κ3) is 4.78. The number of carbonyl (C=O) groups excluding carboxylic acids is 2. The van der Waals surface area contributed by atoms with Gasteiger partial charge in [0.2, 0.25) is 17.7 Å². The minimum Gasteiger partial charge on any atom is -0.344 e. The van der Waals surface area contributed by atoms with Crippen LogP contribution in [0.4, 0.5) is 0 Å². The van der Waals surface area contributed by atoms with Gasteiger partial charge in [0.15, 0.2) is 5.82 Å². The van der Waals surface area contributed by atoms with Crippen LogP contribution < -0.4 is 5.32 Å². The van der Waals surface area contributed by atoms with Gasteiger partial charge in [-0.2, -0.15) is 4.98 Å². The van der Waals surface area contributed by atoms with Gasteiger partial charge in [-0.05, 0) is 18.8 Å². The summed E-state index contributed by atoms with van der Waals surface area (Å²) < 4.78 is 5.29. The highest BCUT2D eigenvalue weighted by Gasteiger charge is 2.31. The number of nitrogens with zero attached hydrogens (tertiary/aromatic N) is 4. The van der Waals surface area contributed by atoms with Crippen LogP contribution in [-0.4, -0.2) is 64.0 Å². The summed E-state index contributed by atoms with van der Waals surface area (Å²) in [5.74, 6) is 1.91. The van der Waals surface area contributed by atoms with E-state index >= 15 is 0 Å². The number of amides is 2. The van der Waals surface area contributed by atoms with Gasteiger partial charge in [0, 0.05) is 39.0 Å². The van der Waals surface area contributed by atoms with Gasteiger partial charge in [-0.15, -0.1) is 0 Å². The van der Waals surface area contributed by atoms with Crippen LogP contribution in [-0.2, 0) is 22.6 Å². The molecule has 2 fully saturated rings. The van der Waals surface area contributed by atoms with Crippen LogP contribution in [0.15, 0.2) is 4.52 Å². The second-order valence-electron chi connectivity index (χ2n) is 7.32. The summed E-state index contributed by atoms with van der Waals surface area (Å²) in [4.78, 5) is 32.4. The largest absolute Gasteiger partial charge is 0.344 e. The van der Waals surface area contributed by atoms with E-state index in [4.69, 9.17) is 4.52 Å². The van der Waals surface area contributed by atoms with Crippen LogP contribution in [0.2, 0.25) is 0 Å². The number of carbonyl (C=O) groups is 2. The Labute approximate surface area is 147 Å². The van der Waals surface area contributed by atoms with Gasteiger partial charge in [-0.25, -0.2) is 0 Å². The molecule has 2 aliphatic rings. The number of rotatable bonds is 5. The number of hydrogen-bond acceptors (Lipinski definition) is 6. The Kier molecular flexibility index (Phi) is 5.67. The van der Waals surface area contributed by atoms with Gasteiger partial charge in [-0.3, -0.25) is 14.5 Å². The molecule has 1 aromatic heterocycles. The molecule has 0 bridgehead atoms. The van der Waals surface area contributed by atoms with E-state index in [0.29, 0.717) is 43.6 Å². The molecule has 8 heteroatoms. The SMILES string of the molecule is CC(C)Cc1nc(CN2CCCN(C(=O)C3CCC(=O)N3)CC2)no1. The van der Waals surface area contributed by atoms with E-state index in [-0.39, 0.29) is 17.9 Å². The maximum Gasteiger partial charge on any atom is 0.245 e. The molecule has 1 atom stereocenters. The molecule has 0 radical (unpaired) electrons. The third-order valence-electron chi connectivity index (χ3n) is 4.65. The van der Waals surface area contributed by atoms with Gasteiger partial charge in [-0.1, -0.05) is 19.0 Å². The topological polar surface area (TPSA) is 91.6 Å². The molecule has 0 saturated carbocycles. The summed E-state index contributed by atoms with van der Waals surface area (Å²) in [6.45, 7) is 7.96. The van der Waals surface area contributed by atoms with Gasteiger partial charge < -0.3 is 14.7 Å². The zero-order chi connectivity index (χ0) is 17.8. The molecule has 2 saturated heterocycles. The van der Waals surface area contributed by atoms with Crippen molar-refractivity contribution >= 4 is 11.8 Å². The summed E-state index contributed by atoms with van der Waals surface area (Å²) in [7, 11) is 0. The molecule has 1 N–H and O–H groups in total. The molecule has 0 spiro atoms. The first-order chi connectivity index (χ1) is 12.0. The van der Waals surface area contributed by atoms with Gasteiger partial charge in [0.1, 0.15) is 6.04 Å². The fraction of sp³-hybridized carbons (Fsp3) is 0.765. The average Bonchev–Trinajstić information content (AvgIpc) is 3.10. The fourth-order valence-corrected chi connectivity index (χ4v) is 3.36. The van der Waals surface area contributed by atoms with Crippen LogP contribution in [0.3, 0.4) is 0 Å². The Hall–Kier alpha value is -1.96. The van der Waals surface area contributed by atoms with E-state index in [1.165, 1.54) is 0 Å². The van der Waals surface area contributed by atoms with Gasteiger partial charge in [0.05, 0.1) is 6.54 Å². The Bertz CT molecular complexity index is 615. The van der Waals surface area contributed by atoms with Crippen molar-refractivity contribution in [1.82, 2.24) is 25.3 Å². The fourth-order valence-electron chi connectivity index (χ4n) is 3.36. The van der Waals surface area contributed by atoms with E-state index in [0.717, 1.165) is 32.5 Å². The van der Waals surface area contributed by atoms with E-state index in [9.17, 15) is 9.59 Å². The van der Waals surface area contributed by atoms with E-state index < -0.39 is 0 Å². The van der Waals surface area contributed by atoms with Crippen molar-refractivity contribution in [2.45, 2.75) is 52.1 Å². The van der Waals surface area contributed by atoms with Crippen molar-refractivity contribution in [3.8, 4) is 0 Å². The zero-order valence-electron chi connectivity index (χ0n) is 15.0. The molecule has 3 rings (SSSR count). The van der Waals surface area contributed by atoms with Crippen molar-refractivity contribution in [2.75, 3.05) is 26.2 Å². The summed E-state index contributed by atoms with van der Waals surface area (Å²) in [5.41, 5.74) is 0. The van der Waals surface area contributed by atoms with Crippen LogP contribution >= 0.6 is 0 Å². The summed E-state index contributed by atoms with van der Waals surface area (Å²) in [5, 5.41) is 6.83. The summed E-state index contributed by atoms with van der Waals surface area (Å²) in [6.07, 6.45) is 2.76. The van der Waals surface area contributed by atoms with Crippen LogP contribution in [0.5, 0.6) is 0 Å². The predicted octanol–water partition coefficient (Wildman–Crippen LogP) is 0.581. The monoisotopic (exact) mass is 349 g/mol. The first kappa shape index (κ1) is 17.8. The maximum atomic E-state index is 12.5. The first-order valence-corrected chi connectivity index (χ1v) is 9.13. The van der Waals surface area contributed by atoms with Crippen molar-refractivity contribution in [3.63, 3.8) is 0 Å². The van der Waals surface area contributed by atoms with Gasteiger partial charge in [0.25, 0.3) is 0 Å². The van der Waals surface area contributed by atoms with Gasteiger partial charge >= 0.3 is 0 Å². The highest BCUT2D eigenvalue weighted by atomic mass is 16.5. The maximum absolute atomic E-state index is 12.5. The van der Waals surface area contributed by atoms with Crippen molar-refractivity contribution in [1.29, 1.82) is 0 Å². The second kappa shape index (κ2) is 7.95. The standard InChI is InChI=1S/C17H27N5O3/c1-12(2)10-16-19-14(20-25-16)11-21-6-3-7-22(9-8-21)17(24)13-4-5-15(23)18-13/h12-13H,3-11H2,1-2H3,(H,18,23). The Morgan fingerprint density at radius 3 is 2.88 bits per heavy atom. The number of hydrogen-bond donors (Lipinski definition) is 1. The minimum absolute atomic E-state index is 0.0240. The molecule has 0 aliphatic carbocycles. The molecule has 0 aromatic carbocycles. The second-order valence-corrected chi connectivity index (χ2v) is 7.32. The first-order valence-electron chi connectivity index (χ1n) is 9.13. The Morgan fingerprint density at radius 1 is 1.32 bits per heavy atom. The predicted molar refractivity (Wildman–Crippen MR) is 90.5 cm³/mol. The highest BCUT2D eigenvalue weighted by molar-refractivity contribution is 5.90. The Morgan fingerprint density at radius 2 is 2.16 bits per heavy atom. The van der Waals surface area contributed by atoms with Crippen molar-refractivity contribution in [3.05, 3.63) is 11.7 Å². The van der Waals surface area contributed by atoms with E-state index in [1.807, 2.05) is 4.90 Å². The summed E-state index contributed by atoms with van der Waals surface area (Å²) >= 11 is 0. The molecule has 1 unspecified atom stereocenters. The average molecular weight is 349 g/mol. The molecule has 3 heterocycles. The molecule has 2 amide bonds. The molecule has 138 valence electrons. The lowest BCUT2D eigenvalue weighted by molar-refractivity contribution is -0.134. The molecule has 25 heavy (non-hydrogen) atoms. The normalized spacial score (nSPS) is 22.3. The highest BCUT2D eigenvalue weighted by Crippen LogP contribution is 2.13. The molecular formula is C17H27N5O3. The third-order valence-corrected chi connectivity index (χ3v) is 4.65. The summed E-state index contributed by atoms with van der Waals surface area (Å²) in [6, 6.07) is -0.338. The number of aromatic nitrogens is 2. The lowest BCUT2D eigenvalue weighted by atomic mass is 10.1. The lowest BCUT2D eigenvalue weighted by Gasteiger charge is -2.24. The van der Waals surface area contributed by atoms with Crippen molar-refractivity contribution < 1.29 is 14.1 Å². The molecular weight excluding hydrogens is 322 g/mol. The van der Waals surface area contributed by atoms with Crippen LogP contribution in [0.25, 0.3) is 0 Å². The van der Waals surface area contributed by atoms with Crippen LogP contribution in [0, 0.1) is 5.92 Å².